The SMILES string of the molecule is COc1ccc(OCC2(N)CC2)c(Cl)c1.Cl. The van der Waals surface area contributed by atoms with Crippen LogP contribution in [0.15, 0.2) is 18.2 Å². The number of halogens is 2. The van der Waals surface area contributed by atoms with E-state index in [0.717, 1.165) is 18.6 Å². The van der Waals surface area contributed by atoms with Crippen molar-refractivity contribution in [3.63, 3.8) is 0 Å². The summed E-state index contributed by atoms with van der Waals surface area (Å²) in [5.41, 5.74) is 5.79. The van der Waals surface area contributed by atoms with Crippen LogP contribution in [0.5, 0.6) is 11.5 Å². The Kier molecular flexibility index (Phi) is 4.30. The number of benzene rings is 1. The summed E-state index contributed by atoms with van der Waals surface area (Å²) in [5.74, 6) is 1.38. The first-order valence-corrected chi connectivity index (χ1v) is 5.26. The highest BCUT2D eigenvalue weighted by atomic mass is 35.5. The number of hydrogen-bond acceptors (Lipinski definition) is 3. The second-order valence-corrected chi connectivity index (χ2v) is 4.35. The van der Waals surface area contributed by atoms with Gasteiger partial charge in [0.15, 0.2) is 0 Å². The lowest BCUT2D eigenvalue weighted by molar-refractivity contribution is 0.279. The largest absolute Gasteiger partial charge is 0.497 e. The fourth-order valence-electron chi connectivity index (χ4n) is 1.25. The second kappa shape index (κ2) is 5.13. The molecule has 1 aromatic carbocycles. The minimum atomic E-state index is -0.122. The van der Waals surface area contributed by atoms with E-state index < -0.39 is 0 Å². The molecule has 0 unspecified atom stereocenters. The molecule has 0 spiro atoms. The summed E-state index contributed by atoms with van der Waals surface area (Å²) in [7, 11) is 1.60. The highest BCUT2D eigenvalue weighted by molar-refractivity contribution is 6.32. The number of hydrogen-bond donors (Lipinski definition) is 1. The molecule has 0 atom stereocenters. The molecule has 0 amide bonds. The van der Waals surface area contributed by atoms with Crippen molar-refractivity contribution >= 4 is 24.0 Å². The summed E-state index contributed by atoms with van der Waals surface area (Å²) in [5, 5.41) is 0.554. The molecule has 1 saturated carbocycles. The smallest absolute Gasteiger partial charge is 0.138 e. The lowest BCUT2D eigenvalue weighted by atomic mass is 10.3. The van der Waals surface area contributed by atoms with E-state index in [4.69, 9.17) is 26.8 Å². The van der Waals surface area contributed by atoms with Gasteiger partial charge in [0.1, 0.15) is 18.1 Å². The predicted octanol–water partition coefficient (Wildman–Crippen LogP) is 2.64. The second-order valence-electron chi connectivity index (χ2n) is 3.95. The minimum Gasteiger partial charge on any atom is -0.497 e. The molecule has 3 nitrogen and oxygen atoms in total. The van der Waals surface area contributed by atoms with Gasteiger partial charge in [-0.05, 0) is 25.0 Å². The Morgan fingerprint density at radius 3 is 2.62 bits per heavy atom. The molecule has 1 aromatic rings. The van der Waals surface area contributed by atoms with Crippen molar-refractivity contribution in [1.29, 1.82) is 0 Å². The van der Waals surface area contributed by atoms with E-state index in [9.17, 15) is 0 Å². The number of rotatable bonds is 4. The van der Waals surface area contributed by atoms with Crippen molar-refractivity contribution in [3.8, 4) is 11.5 Å². The molecule has 0 radical (unpaired) electrons. The third-order valence-corrected chi connectivity index (χ3v) is 2.84. The monoisotopic (exact) mass is 263 g/mol. The third-order valence-electron chi connectivity index (χ3n) is 2.55. The zero-order valence-corrected chi connectivity index (χ0v) is 10.6. The number of ether oxygens (including phenoxy) is 2. The maximum Gasteiger partial charge on any atom is 0.138 e. The summed E-state index contributed by atoms with van der Waals surface area (Å²) >= 11 is 6.01. The first kappa shape index (κ1) is 13.4. The fraction of sp³-hybridized carbons (Fsp3) is 0.455. The van der Waals surface area contributed by atoms with Crippen LogP contribution in [0.1, 0.15) is 12.8 Å². The Morgan fingerprint density at radius 2 is 2.12 bits per heavy atom. The van der Waals surface area contributed by atoms with Crippen molar-refractivity contribution in [3.05, 3.63) is 23.2 Å². The summed E-state index contributed by atoms with van der Waals surface area (Å²) in [4.78, 5) is 0. The summed E-state index contributed by atoms with van der Waals surface area (Å²) in [6.45, 7) is 0.527. The molecule has 0 aromatic heterocycles. The van der Waals surface area contributed by atoms with Crippen molar-refractivity contribution in [2.45, 2.75) is 18.4 Å². The zero-order chi connectivity index (χ0) is 10.9. The van der Waals surface area contributed by atoms with E-state index in [1.807, 2.05) is 6.07 Å². The van der Waals surface area contributed by atoms with E-state index in [1.54, 1.807) is 19.2 Å². The maximum absolute atomic E-state index is 6.01. The highest BCUT2D eigenvalue weighted by Gasteiger charge is 2.39. The first-order chi connectivity index (χ1) is 7.13. The molecule has 0 heterocycles. The van der Waals surface area contributed by atoms with Gasteiger partial charge < -0.3 is 15.2 Å². The average Bonchev–Trinajstić information content (AvgIpc) is 2.95. The van der Waals surface area contributed by atoms with Crippen LogP contribution in [0.2, 0.25) is 5.02 Å². The zero-order valence-electron chi connectivity index (χ0n) is 9.03. The van der Waals surface area contributed by atoms with Gasteiger partial charge in [-0.1, -0.05) is 11.6 Å². The van der Waals surface area contributed by atoms with Gasteiger partial charge in [-0.15, -0.1) is 12.4 Å². The topological polar surface area (TPSA) is 44.5 Å². The normalized spacial score (nSPS) is 16.2. The van der Waals surface area contributed by atoms with Crippen LogP contribution >= 0.6 is 24.0 Å². The molecule has 0 bridgehead atoms. The molecule has 2 rings (SSSR count). The van der Waals surface area contributed by atoms with E-state index in [2.05, 4.69) is 0 Å². The lowest BCUT2D eigenvalue weighted by Crippen LogP contribution is -2.29. The van der Waals surface area contributed by atoms with Gasteiger partial charge in [-0.3, -0.25) is 0 Å². The molecule has 0 saturated heterocycles. The van der Waals surface area contributed by atoms with E-state index in [-0.39, 0.29) is 17.9 Å². The molecule has 5 heteroatoms. The van der Waals surface area contributed by atoms with Gasteiger partial charge in [0, 0.05) is 6.07 Å². The molecule has 1 fully saturated rings. The van der Waals surface area contributed by atoms with Crippen LogP contribution in [0, 0.1) is 0 Å². The third kappa shape index (κ3) is 3.17. The Hall–Kier alpha value is -0.640. The summed E-state index contributed by atoms with van der Waals surface area (Å²) in [6.07, 6.45) is 2.06. The van der Waals surface area contributed by atoms with E-state index >= 15 is 0 Å². The number of methoxy groups -OCH3 is 1. The molecule has 16 heavy (non-hydrogen) atoms. The van der Waals surface area contributed by atoms with Gasteiger partial charge in [-0.25, -0.2) is 0 Å². The van der Waals surface area contributed by atoms with Crippen LogP contribution in [-0.4, -0.2) is 19.3 Å². The molecule has 2 N–H and O–H groups in total. The quantitative estimate of drug-likeness (QED) is 0.909. The van der Waals surface area contributed by atoms with Crippen LogP contribution in [0.4, 0.5) is 0 Å². The summed E-state index contributed by atoms with van der Waals surface area (Å²) < 4.78 is 10.6. The van der Waals surface area contributed by atoms with E-state index in [0.29, 0.717) is 17.4 Å². The Bertz CT molecular complexity index is 367. The summed E-state index contributed by atoms with van der Waals surface area (Å²) in [6, 6.07) is 5.34. The van der Waals surface area contributed by atoms with Gasteiger partial charge >= 0.3 is 0 Å². The van der Waals surface area contributed by atoms with Crippen molar-refractivity contribution in [1.82, 2.24) is 0 Å². The Labute approximate surface area is 106 Å². The molecule has 1 aliphatic rings. The molecule has 1 aliphatic carbocycles. The highest BCUT2D eigenvalue weighted by Crippen LogP contribution is 2.34. The van der Waals surface area contributed by atoms with Crippen LogP contribution in [0.25, 0.3) is 0 Å². The van der Waals surface area contributed by atoms with Gasteiger partial charge in [0.25, 0.3) is 0 Å². The Balaban J connectivity index is 0.00000128. The molecular formula is C11H15Cl2NO2. The minimum absolute atomic E-state index is 0. The first-order valence-electron chi connectivity index (χ1n) is 4.88. The van der Waals surface area contributed by atoms with Gasteiger partial charge in [0.05, 0.1) is 17.7 Å². The van der Waals surface area contributed by atoms with Crippen molar-refractivity contribution in [2.24, 2.45) is 5.73 Å². The van der Waals surface area contributed by atoms with Gasteiger partial charge in [0.2, 0.25) is 0 Å². The molecular weight excluding hydrogens is 249 g/mol. The van der Waals surface area contributed by atoms with Crippen LogP contribution in [0.3, 0.4) is 0 Å². The standard InChI is InChI=1S/C11H14ClNO2.ClH/c1-14-8-2-3-10(9(12)6-8)15-7-11(13)4-5-11;/h2-3,6H,4-5,7,13H2,1H3;1H. The molecule has 90 valence electrons. The van der Waals surface area contributed by atoms with Crippen molar-refractivity contribution in [2.75, 3.05) is 13.7 Å². The van der Waals surface area contributed by atoms with Crippen molar-refractivity contribution < 1.29 is 9.47 Å². The predicted molar refractivity (Wildman–Crippen MR) is 66.9 cm³/mol. The van der Waals surface area contributed by atoms with Crippen LogP contribution < -0.4 is 15.2 Å². The average molecular weight is 264 g/mol. The lowest BCUT2D eigenvalue weighted by Gasteiger charge is -2.12. The number of nitrogens with two attached hydrogens (primary N) is 1. The molecule has 0 aliphatic heterocycles. The fourth-order valence-corrected chi connectivity index (χ4v) is 1.48. The van der Waals surface area contributed by atoms with Gasteiger partial charge in [-0.2, -0.15) is 0 Å². The Morgan fingerprint density at radius 1 is 1.44 bits per heavy atom. The van der Waals surface area contributed by atoms with Crippen LogP contribution in [-0.2, 0) is 0 Å². The maximum atomic E-state index is 6.01. The van der Waals surface area contributed by atoms with E-state index in [1.165, 1.54) is 0 Å².